The lowest BCUT2D eigenvalue weighted by Gasteiger charge is -2.12. The Balaban J connectivity index is 1.77. The molecule has 2 aromatic rings. The van der Waals surface area contributed by atoms with Gasteiger partial charge in [0.2, 0.25) is 0 Å². The van der Waals surface area contributed by atoms with Crippen molar-refractivity contribution >= 4 is 11.8 Å². The van der Waals surface area contributed by atoms with E-state index in [9.17, 15) is 0 Å². The minimum atomic E-state index is 0.321. The lowest BCUT2D eigenvalue weighted by molar-refractivity contribution is 0.318. The number of nitrogens with two attached hydrogens (primary N) is 1. The molecule has 0 spiro atoms. The van der Waals surface area contributed by atoms with Crippen LogP contribution in [0.15, 0.2) is 35.5 Å². The summed E-state index contributed by atoms with van der Waals surface area (Å²) in [5, 5.41) is 9.29. The average Bonchev–Trinajstić information content (AvgIpc) is 2.91. The number of ether oxygens (including phenoxy) is 1. The second-order valence-corrected chi connectivity index (χ2v) is 5.99. The van der Waals surface area contributed by atoms with Gasteiger partial charge in [0, 0.05) is 11.8 Å². The standard InChI is InChI=1S/C15H22N4OS/c1-12(2)19-14(11-16)17-18-15(19)21-10-6-9-20-13-7-4-3-5-8-13/h3-5,7-8,12H,6,9-11,16H2,1-2H3. The van der Waals surface area contributed by atoms with Gasteiger partial charge in [0.1, 0.15) is 11.6 Å². The van der Waals surface area contributed by atoms with Crippen LogP contribution < -0.4 is 10.5 Å². The van der Waals surface area contributed by atoms with Gasteiger partial charge in [-0.15, -0.1) is 10.2 Å². The van der Waals surface area contributed by atoms with Crippen molar-refractivity contribution in [2.45, 2.75) is 38.0 Å². The second-order valence-electron chi connectivity index (χ2n) is 4.93. The van der Waals surface area contributed by atoms with Crippen LogP contribution in [0.3, 0.4) is 0 Å². The molecule has 114 valence electrons. The van der Waals surface area contributed by atoms with Crippen molar-refractivity contribution in [1.82, 2.24) is 14.8 Å². The Morgan fingerprint density at radius 3 is 2.67 bits per heavy atom. The maximum Gasteiger partial charge on any atom is 0.191 e. The van der Waals surface area contributed by atoms with E-state index >= 15 is 0 Å². The van der Waals surface area contributed by atoms with Gasteiger partial charge in [0.05, 0.1) is 13.2 Å². The summed E-state index contributed by atoms with van der Waals surface area (Å²) in [4.78, 5) is 0. The summed E-state index contributed by atoms with van der Waals surface area (Å²) in [5.41, 5.74) is 5.69. The maximum atomic E-state index is 5.69. The van der Waals surface area contributed by atoms with Crippen LogP contribution in [0.2, 0.25) is 0 Å². The monoisotopic (exact) mass is 306 g/mol. The highest BCUT2D eigenvalue weighted by molar-refractivity contribution is 7.99. The van der Waals surface area contributed by atoms with E-state index in [4.69, 9.17) is 10.5 Å². The van der Waals surface area contributed by atoms with Crippen molar-refractivity contribution < 1.29 is 4.74 Å². The van der Waals surface area contributed by atoms with Crippen molar-refractivity contribution in [2.75, 3.05) is 12.4 Å². The minimum Gasteiger partial charge on any atom is -0.494 e. The number of nitrogens with zero attached hydrogens (tertiary/aromatic N) is 3. The SMILES string of the molecule is CC(C)n1c(CN)nnc1SCCCOc1ccccc1. The summed E-state index contributed by atoms with van der Waals surface area (Å²) in [6.07, 6.45) is 0.961. The van der Waals surface area contributed by atoms with E-state index in [1.165, 1.54) is 0 Å². The van der Waals surface area contributed by atoms with Gasteiger partial charge in [0.15, 0.2) is 5.16 Å². The van der Waals surface area contributed by atoms with Gasteiger partial charge in [-0.3, -0.25) is 0 Å². The molecule has 0 unspecified atom stereocenters. The van der Waals surface area contributed by atoms with E-state index in [2.05, 4.69) is 28.6 Å². The molecule has 0 bridgehead atoms. The van der Waals surface area contributed by atoms with Crippen LogP contribution in [-0.4, -0.2) is 27.1 Å². The van der Waals surface area contributed by atoms with E-state index in [0.717, 1.165) is 28.9 Å². The van der Waals surface area contributed by atoms with Crippen LogP contribution in [0.4, 0.5) is 0 Å². The van der Waals surface area contributed by atoms with E-state index in [1.54, 1.807) is 11.8 Å². The van der Waals surface area contributed by atoms with Gasteiger partial charge in [-0.25, -0.2) is 0 Å². The van der Waals surface area contributed by atoms with Gasteiger partial charge >= 0.3 is 0 Å². The minimum absolute atomic E-state index is 0.321. The topological polar surface area (TPSA) is 66.0 Å². The molecule has 5 nitrogen and oxygen atoms in total. The number of para-hydroxylation sites is 1. The predicted molar refractivity (Wildman–Crippen MR) is 85.6 cm³/mol. The Labute approximate surface area is 129 Å². The van der Waals surface area contributed by atoms with Crippen molar-refractivity contribution in [1.29, 1.82) is 0 Å². The third-order valence-electron chi connectivity index (χ3n) is 2.97. The molecule has 1 aromatic heterocycles. The molecule has 0 atom stereocenters. The lowest BCUT2D eigenvalue weighted by atomic mass is 10.3. The molecule has 0 radical (unpaired) electrons. The zero-order chi connectivity index (χ0) is 15.1. The number of rotatable bonds is 8. The molecule has 1 aromatic carbocycles. The molecule has 0 saturated carbocycles. The van der Waals surface area contributed by atoms with Crippen molar-refractivity contribution in [3.8, 4) is 5.75 Å². The van der Waals surface area contributed by atoms with E-state index in [0.29, 0.717) is 19.2 Å². The average molecular weight is 306 g/mol. The summed E-state index contributed by atoms with van der Waals surface area (Å²) in [6.45, 7) is 5.36. The molecule has 0 fully saturated rings. The largest absolute Gasteiger partial charge is 0.494 e. The first-order chi connectivity index (χ1) is 10.2. The molecule has 1 heterocycles. The summed E-state index contributed by atoms with van der Waals surface area (Å²) < 4.78 is 7.77. The highest BCUT2D eigenvalue weighted by Gasteiger charge is 2.13. The van der Waals surface area contributed by atoms with Crippen LogP contribution in [0.5, 0.6) is 5.75 Å². The Morgan fingerprint density at radius 1 is 1.24 bits per heavy atom. The normalized spacial score (nSPS) is 11.0. The molecule has 21 heavy (non-hydrogen) atoms. The third-order valence-corrected chi connectivity index (χ3v) is 4.00. The fourth-order valence-electron chi connectivity index (χ4n) is 1.99. The number of thioether (sulfide) groups is 1. The number of benzene rings is 1. The maximum absolute atomic E-state index is 5.69. The smallest absolute Gasteiger partial charge is 0.191 e. The first-order valence-electron chi connectivity index (χ1n) is 7.17. The molecular formula is C15H22N4OS. The third kappa shape index (κ3) is 4.47. The molecule has 0 saturated heterocycles. The fraction of sp³-hybridized carbons (Fsp3) is 0.467. The zero-order valence-electron chi connectivity index (χ0n) is 12.5. The van der Waals surface area contributed by atoms with Gasteiger partial charge < -0.3 is 15.0 Å². The van der Waals surface area contributed by atoms with E-state index < -0.39 is 0 Å². The fourth-order valence-corrected chi connectivity index (χ4v) is 2.99. The molecule has 2 rings (SSSR count). The highest BCUT2D eigenvalue weighted by Crippen LogP contribution is 2.22. The Hall–Kier alpha value is -1.53. The number of hydrogen-bond acceptors (Lipinski definition) is 5. The van der Waals surface area contributed by atoms with Gasteiger partial charge in [-0.2, -0.15) is 0 Å². The quantitative estimate of drug-likeness (QED) is 0.600. The first-order valence-corrected chi connectivity index (χ1v) is 8.15. The number of hydrogen-bond donors (Lipinski definition) is 1. The summed E-state index contributed by atoms with van der Waals surface area (Å²) in [7, 11) is 0. The van der Waals surface area contributed by atoms with Crippen molar-refractivity contribution in [3.05, 3.63) is 36.2 Å². The first kappa shape index (κ1) is 15.9. The molecule has 0 aliphatic carbocycles. The Kier molecular flexibility index (Phi) is 6.07. The molecule has 2 N–H and O–H groups in total. The summed E-state index contributed by atoms with van der Waals surface area (Å²) in [6, 6.07) is 10.2. The van der Waals surface area contributed by atoms with Gasteiger partial charge in [-0.1, -0.05) is 30.0 Å². The molecule has 6 heteroatoms. The van der Waals surface area contributed by atoms with E-state index in [1.807, 2.05) is 30.3 Å². The summed E-state index contributed by atoms with van der Waals surface area (Å²) in [5.74, 6) is 2.70. The summed E-state index contributed by atoms with van der Waals surface area (Å²) >= 11 is 1.70. The second kappa shape index (κ2) is 8.05. The molecular weight excluding hydrogens is 284 g/mol. The van der Waals surface area contributed by atoms with Crippen molar-refractivity contribution in [2.24, 2.45) is 5.73 Å². The predicted octanol–water partition coefficient (Wildman–Crippen LogP) is 2.88. The van der Waals surface area contributed by atoms with Gasteiger partial charge in [-0.05, 0) is 32.4 Å². The number of aromatic nitrogens is 3. The Bertz CT molecular complexity index is 542. The van der Waals surface area contributed by atoms with Crippen molar-refractivity contribution in [3.63, 3.8) is 0 Å². The van der Waals surface area contributed by atoms with Crippen LogP contribution in [0, 0.1) is 0 Å². The lowest BCUT2D eigenvalue weighted by Crippen LogP contribution is -2.11. The Morgan fingerprint density at radius 2 is 2.00 bits per heavy atom. The van der Waals surface area contributed by atoms with E-state index in [-0.39, 0.29) is 0 Å². The molecule has 0 aliphatic rings. The van der Waals surface area contributed by atoms with Gasteiger partial charge in [0.25, 0.3) is 0 Å². The highest BCUT2D eigenvalue weighted by atomic mass is 32.2. The van der Waals surface area contributed by atoms with Crippen LogP contribution in [0.1, 0.15) is 32.1 Å². The molecule has 0 aliphatic heterocycles. The van der Waals surface area contributed by atoms with Crippen LogP contribution in [0.25, 0.3) is 0 Å². The zero-order valence-corrected chi connectivity index (χ0v) is 13.3. The van der Waals surface area contributed by atoms with Crippen LogP contribution in [-0.2, 0) is 6.54 Å². The van der Waals surface area contributed by atoms with Crippen LogP contribution >= 0.6 is 11.8 Å². The molecule has 0 amide bonds.